The molecule has 3 unspecified atom stereocenters. The summed E-state index contributed by atoms with van der Waals surface area (Å²) in [6, 6.07) is -0.627. The van der Waals surface area contributed by atoms with Gasteiger partial charge < -0.3 is 24.6 Å². The zero-order valence-corrected chi connectivity index (χ0v) is 11.3. The molecule has 0 aliphatic heterocycles. The van der Waals surface area contributed by atoms with Crippen molar-refractivity contribution in [1.29, 1.82) is 0 Å². The zero-order chi connectivity index (χ0) is 14.1. The Morgan fingerprint density at radius 2 is 1.61 bits per heavy atom. The van der Waals surface area contributed by atoms with Crippen LogP contribution in [0.3, 0.4) is 0 Å². The Morgan fingerprint density at radius 1 is 1.11 bits per heavy atom. The lowest BCUT2D eigenvalue weighted by Crippen LogP contribution is -2.24. The topological polar surface area (TPSA) is 153 Å². The molecule has 0 bridgehead atoms. The van der Waals surface area contributed by atoms with Crippen LogP contribution in [-0.4, -0.2) is 27.8 Å². The Bertz CT molecular complexity index is 346. The monoisotopic (exact) mass is 303 g/mol. The quantitative estimate of drug-likeness (QED) is 0.514. The van der Waals surface area contributed by atoms with Crippen LogP contribution in [0.1, 0.15) is 25.7 Å². The van der Waals surface area contributed by atoms with Crippen LogP contribution in [0.4, 0.5) is 0 Å². The summed E-state index contributed by atoms with van der Waals surface area (Å²) >= 11 is 0. The van der Waals surface area contributed by atoms with Crippen molar-refractivity contribution in [3.05, 3.63) is 0 Å². The second kappa shape index (κ2) is 9.24. The van der Waals surface area contributed by atoms with Gasteiger partial charge in [0.05, 0.1) is 6.42 Å². The SMILES string of the molecule is NC(CCCC(=O)O[PH](=O)O)CC(=O)O[PH](=O)O. The number of hydrogen-bond donors (Lipinski definition) is 3. The minimum Gasteiger partial charge on any atom is -0.394 e. The van der Waals surface area contributed by atoms with E-state index in [-0.39, 0.29) is 25.7 Å². The Hall–Kier alpha value is -0.720. The van der Waals surface area contributed by atoms with Gasteiger partial charge in [0.15, 0.2) is 0 Å². The molecule has 3 atom stereocenters. The van der Waals surface area contributed by atoms with Crippen LogP contribution in [0.15, 0.2) is 0 Å². The van der Waals surface area contributed by atoms with E-state index in [4.69, 9.17) is 15.5 Å². The van der Waals surface area contributed by atoms with E-state index in [1.807, 2.05) is 0 Å². The lowest BCUT2D eigenvalue weighted by Gasteiger charge is -2.09. The van der Waals surface area contributed by atoms with Gasteiger partial charge in [-0.15, -0.1) is 0 Å². The van der Waals surface area contributed by atoms with Gasteiger partial charge in [0.25, 0.3) is 0 Å². The second-order valence-electron chi connectivity index (χ2n) is 3.34. The summed E-state index contributed by atoms with van der Waals surface area (Å²) < 4.78 is 28.4. The molecule has 0 fully saturated rings. The highest BCUT2D eigenvalue weighted by molar-refractivity contribution is 7.33. The molecule has 18 heavy (non-hydrogen) atoms. The summed E-state index contributed by atoms with van der Waals surface area (Å²) in [4.78, 5) is 38.4. The van der Waals surface area contributed by atoms with Gasteiger partial charge in [-0.25, -0.2) is 9.13 Å². The minimum absolute atomic E-state index is 0.101. The third kappa shape index (κ3) is 10.4. The van der Waals surface area contributed by atoms with Gasteiger partial charge in [0.2, 0.25) is 0 Å². The first-order chi connectivity index (χ1) is 8.31. The lowest BCUT2D eigenvalue weighted by molar-refractivity contribution is -0.135. The Labute approximate surface area is 104 Å². The largest absolute Gasteiger partial charge is 0.394 e. The minimum atomic E-state index is -3.31. The van der Waals surface area contributed by atoms with E-state index >= 15 is 0 Å². The average molecular weight is 303 g/mol. The molecule has 9 nitrogen and oxygen atoms in total. The van der Waals surface area contributed by atoms with Crippen LogP contribution in [0.2, 0.25) is 0 Å². The smallest absolute Gasteiger partial charge is 0.367 e. The molecule has 106 valence electrons. The van der Waals surface area contributed by atoms with Crippen LogP contribution < -0.4 is 5.73 Å². The van der Waals surface area contributed by atoms with E-state index < -0.39 is 34.5 Å². The third-order valence-electron chi connectivity index (χ3n) is 1.79. The normalized spacial score (nSPS) is 15.5. The van der Waals surface area contributed by atoms with Crippen molar-refractivity contribution in [2.24, 2.45) is 5.73 Å². The highest BCUT2D eigenvalue weighted by Gasteiger charge is 2.13. The first-order valence-corrected chi connectivity index (χ1v) is 7.46. The fourth-order valence-corrected chi connectivity index (χ4v) is 1.69. The van der Waals surface area contributed by atoms with E-state index in [1.165, 1.54) is 0 Å². The molecule has 0 spiro atoms. The van der Waals surface area contributed by atoms with E-state index in [9.17, 15) is 18.7 Å². The molecule has 11 heteroatoms. The molecule has 0 rings (SSSR count). The van der Waals surface area contributed by atoms with Crippen molar-refractivity contribution in [2.75, 3.05) is 0 Å². The highest BCUT2D eigenvalue weighted by Crippen LogP contribution is 2.18. The maximum Gasteiger partial charge on any atom is 0.367 e. The van der Waals surface area contributed by atoms with Crippen LogP contribution in [-0.2, 0) is 27.8 Å². The Kier molecular flexibility index (Phi) is 8.87. The number of hydrogen-bond acceptors (Lipinski definition) is 7. The molecule has 0 saturated heterocycles. The number of carbonyl (C=O) groups is 2. The summed E-state index contributed by atoms with van der Waals surface area (Å²) in [5.41, 5.74) is 5.51. The van der Waals surface area contributed by atoms with Crippen molar-refractivity contribution >= 4 is 28.4 Å². The van der Waals surface area contributed by atoms with Gasteiger partial charge in [-0.3, -0.25) is 9.59 Å². The predicted molar refractivity (Wildman–Crippen MR) is 61.1 cm³/mol. The average Bonchev–Trinajstić information content (AvgIpc) is 2.13. The van der Waals surface area contributed by atoms with Gasteiger partial charge in [-0.2, -0.15) is 0 Å². The summed E-state index contributed by atoms with van der Waals surface area (Å²) in [5.74, 6) is -1.71. The Balaban J connectivity index is 3.74. The van der Waals surface area contributed by atoms with Crippen molar-refractivity contribution in [2.45, 2.75) is 31.7 Å². The fraction of sp³-hybridized carbons (Fsp3) is 0.714. The van der Waals surface area contributed by atoms with Crippen molar-refractivity contribution in [3.8, 4) is 0 Å². The summed E-state index contributed by atoms with van der Waals surface area (Å²) in [5, 5.41) is 0. The first kappa shape index (κ1) is 17.3. The molecule has 0 saturated carbocycles. The molecule has 0 heterocycles. The van der Waals surface area contributed by atoms with Crippen LogP contribution >= 0.6 is 16.5 Å². The van der Waals surface area contributed by atoms with Crippen LogP contribution in [0.5, 0.6) is 0 Å². The molecule has 4 N–H and O–H groups in total. The standard InChI is InChI=1S/C7H15NO8P2/c8-5(4-7(10)16-18(13)14)2-1-3-6(9)15-17(11)12/h5,17-18H,1-4,8H2,(H,11,12)(H,13,14). The molecule has 0 amide bonds. The van der Waals surface area contributed by atoms with E-state index in [2.05, 4.69) is 9.05 Å². The van der Waals surface area contributed by atoms with Crippen LogP contribution in [0, 0.1) is 0 Å². The summed E-state index contributed by atoms with van der Waals surface area (Å²) in [7, 11) is -6.59. The Morgan fingerprint density at radius 3 is 2.11 bits per heavy atom. The summed E-state index contributed by atoms with van der Waals surface area (Å²) in [6.45, 7) is 0. The molecule has 0 aromatic carbocycles. The molecule has 0 aliphatic carbocycles. The summed E-state index contributed by atoms with van der Waals surface area (Å²) in [6.07, 6.45) is 0.179. The van der Waals surface area contributed by atoms with Crippen molar-refractivity contribution in [3.63, 3.8) is 0 Å². The third-order valence-corrected chi connectivity index (χ3v) is 2.59. The molecule has 0 aromatic rings. The molecule has 0 aliphatic rings. The lowest BCUT2D eigenvalue weighted by atomic mass is 10.1. The van der Waals surface area contributed by atoms with Crippen molar-refractivity contribution in [1.82, 2.24) is 0 Å². The predicted octanol–water partition coefficient (Wildman–Crippen LogP) is -0.276. The van der Waals surface area contributed by atoms with Gasteiger partial charge in [0, 0.05) is 12.5 Å². The van der Waals surface area contributed by atoms with E-state index in [1.54, 1.807) is 0 Å². The highest BCUT2D eigenvalue weighted by atomic mass is 31.1. The number of rotatable bonds is 8. The zero-order valence-electron chi connectivity index (χ0n) is 9.33. The van der Waals surface area contributed by atoms with Crippen molar-refractivity contribution < 1.29 is 37.6 Å². The fourth-order valence-electron chi connectivity index (χ4n) is 1.11. The molecular weight excluding hydrogens is 288 g/mol. The first-order valence-electron chi connectivity index (χ1n) is 4.94. The van der Waals surface area contributed by atoms with Gasteiger partial charge >= 0.3 is 28.4 Å². The maximum atomic E-state index is 10.9. The van der Waals surface area contributed by atoms with Gasteiger partial charge in [-0.1, -0.05) is 0 Å². The molecule has 0 radical (unpaired) electrons. The van der Waals surface area contributed by atoms with Gasteiger partial charge in [0.1, 0.15) is 0 Å². The number of carbonyl (C=O) groups excluding carboxylic acids is 2. The van der Waals surface area contributed by atoms with Crippen LogP contribution in [0.25, 0.3) is 0 Å². The maximum absolute atomic E-state index is 10.9. The molecule has 0 aromatic heterocycles. The van der Waals surface area contributed by atoms with E-state index in [0.29, 0.717) is 0 Å². The second-order valence-corrected chi connectivity index (χ2v) is 4.81. The van der Waals surface area contributed by atoms with E-state index in [0.717, 1.165) is 0 Å². The molecular formula is C7H15NO8P2. The number of nitrogens with two attached hydrogens (primary N) is 1. The van der Waals surface area contributed by atoms with Gasteiger partial charge in [-0.05, 0) is 12.8 Å².